The van der Waals surface area contributed by atoms with Gasteiger partial charge in [-0.15, -0.1) is 10.2 Å². The fraction of sp³-hybridized carbons (Fsp3) is 0.526. The van der Waals surface area contributed by atoms with E-state index in [0.29, 0.717) is 37.3 Å². The molecule has 0 aromatic carbocycles. The number of carbonyl (C=O) groups is 3. The van der Waals surface area contributed by atoms with Gasteiger partial charge >= 0.3 is 0 Å². The standard InChI is InChI=1S/C18H23N7O2S.CH2O2/c1-2-14-21-22-18(28-14)25-12-13(11-15(25)26)16(27)23-7-4-8-24(10-9-23)17-19-5-3-6-20-17;2-1-3/h3,5-6,13H,2,4,7-12H2,1H3;1H,(H,2,3). The molecule has 2 saturated heterocycles. The second-order valence-electron chi connectivity index (χ2n) is 7.06. The third kappa shape index (κ3) is 5.51. The van der Waals surface area contributed by atoms with Crippen LogP contribution in [-0.4, -0.2) is 81.2 Å². The van der Waals surface area contributed by atoms with Crippen LogP contribution in [0.25, 0.3) is 0 Å². The molecule has 11 nitrogen and oxygen atoms in total. The molecule has 0 aliphatic carbocycles. The number of carbonyl (C=O) groups excluding carboxylic acids is 2. The van der Waals surface area contributed by atoms with Gasteiger partial charge in [0.15, 0.2) is 0 Å². The lowest BCUT2D eigenvalue weighted by molar-refractivity contribution is -0.135. The highest BCUT2D eigenvalue weighted by atomic mass is 32.1. The fourth-order valence-electron chi connectivity index (χ4n) is 3.61. The van der Waals surface area contributed by atoms with E-state index in [0.717, 1.165) is 24.4 Å². The molecule has 1 N–H and O–H groups in total. The van der Waals surface area contributed by atoms with Crippen molar-refractivity contribution >= 4 is 40.7 Å². The van der Waals surface area contributed by atoms with Gasteiger partial charge in [0, 0.05) is 51.5 Å². The molecule has 2 aliphatic heterocycles. The van der Waals surface area contributed by atoms with Crippen LogP contribution in [0.2, 0.25) is 0 Å². The molecule has 4 rings (SSSR count). The van der Waals surface area contributed by atoms with Crippen molar-refractivity contribution in [2.24, 2.45) is 5.92 Å². The molecule has 12 heteroatoms. The highest BCUT2D eigenvalue weighted by Crippen LogP contribution is 2.29. The first-order chi connectivity index (χ1) is 15.1. The molecule has 0 spiro atoms. The first kappa shape index (κ1) is 22.5. The zero-order valence-electron chi connectivity index (χ0n) is 17.3. The second kappa shape index (κ2) is 10.8. The maximum Gasteiger partial charge on any atom is 0.290 e. The van der Waals surface area contributed by atoms with Crippen LogP contribution in [-0.2, 0) is 20.8 Å². The number of amides is 2. The van der Waals surface area contributed by atoms with Gasteiger partial charge in [-0.1, -0.05) is 18.3 Å². The molecule has 1 unspecified atom stereocenters. The molecule has 0 saturated carbocycles. The van der Waals surface area contributed by atoms with Crippen LogP contribution in [0.3, 0.4) is 0 Å². The lowest BCUT2D eigenvalue weighted by atomic mass is 10.1. The minimum absolute atomic E-state index is 0.0481. The number of hydrogen-bond donors (Lipinski definition) is 1. The summed E-state index contributed by atoms with van der Waals surface area (Å²) in [4.78, 5) is 48.0. The second-order valence-corrected chi connectivity index (χ2v) is 8.10. The quantitative estimate of drug-likeness (QED) is 0.672. The average Bonchev–Trinajstić information content (AvgIpc) is 3.33. The summed E-state index contributed by atoms with van der Waals surface area (Å²) < 4.78 is 0. The van der Waals surface area contributed by atoms with E-state index >= 15 is 0 Å². The topological polar surface area (TPSA) is 133 Å². The van der Waals surface area contributed by atoms with Crippen LogP contribution in [0, 0.1) is 5.92 Å². The molecule has 0 bridgehead atoms. The van der Waals surface area contributed by atoms with E-state index < -0.39 is 0 Å². The Bertz CT molecular complexity index is 894. The average molecular weight is 448 g/mol. The SMILES string of the molecule is CCc1nnc(N2CC(C(=O)N3CCCN(c4ncccn4)CC3)CC2=O)s1.O=CO. The van der Waals surface area contributed by atoms with Gasteiger partial charge < -0.3 is 14.9 Å². The Labute approximate surface area is 183 Å². The molecule has 4 heterocycles. The highest BCUT2D eigenvalue weighted by Gasteiger charge is 2.39. The fourth-order valence-corrected chi connectivity index (χ4v) is 4.41. The highest BCUT2D eigenvalue weighted by molar-refractivity contribution is 7.15. The van der Waals surface area contributed by atoms with Crippen molar-refractivity contribution in [3.63, 3.8) is 0 Å². The summed E-state index contributed by atoms with van der Waals surface area (Å²) in [5.74, 6) is 0.376. The van der Waals surface area contributed by atoms with Crippen molar-refractivity contribution in [2.45, 2.75) is 26.2 Å². The Kier molecular flexibility index (Phi) is 7.82. The van der Waals surface area contributed by atoms with E-state index in [2.05, 4.69) is 25.1 Å². The molecule has 2 amide bonds. The van der Waals surface area contributed by atoms with Gasteiger partial charge in [0.1, 0.15) is 5.01 Å². The third-order valence-electron chi connectivity index (χ3n) is 5.11. The monoisotopic (exact) mass is 447 g/mol. The Balaban J connectivity index is 0.000000858. The van der Waals surface area contributed by atoms with E-state index in [9.17, 15) is 9.59 Å². The summed E-state index contributed by atoms with van der Waals surface area (Å²) in [7, 11) is 0. The van der Waals surface area contributed by atoms with Crippen molar-refractivity contribution in [1.29, 1.82) is 0 Å². The van der Waals surface area contributed by atoms with Crippen LogP contribution in [0.4, 0.5) is 11.1 Å². The van der Waals surface area contributed by atoms with Gasteiger partial charge in [-0.05, 0) is 18.9 Å². The van der Waals surface area contributed by atoms with Crippen LogP contribution in [0.5, 0.6) is 0 Å². The van der Waals surface area contributed by atoms with Gasteiger partial charge in [0.05, 0.1) is 5.92 Å². The van der Waals surface area contributed by atoms with Crippen LogP contribution >= 0.6 is 11.3 Å². The van der Waals surface area contributed by atoms with Crippen molar-refractivity contribution in [3.05, 3.63) is 23.5 Å². The van der Waals surface area contributed by atoms with E-state index in [1.165, 1.54) is 11.3 Å². The normalized spacial score (nSPS) is 18.9. The number of rotatable bonds is 4. The number of anilines is 2. The summed E-state index contributed by atoms with van der Waals surface area (Å²) in [5.41, 5.74) is 0. The maximum atomic E-state index is 13.0. The van der Waals surface area contributed by atoms with Crippen LogP contribution in [0.15, 0.2) is 18.5 Å². The van der Waals surface area contributed by atoms with Crippen molar-refractivity contribution in [2.75, 3.05) is 42.5 Å². The number of nitrogens with zero attached hydrogens (tertiary/aromatic N) is 7. The lowest BCUT2D eigenvalue weighted by Gasteiger charge is -2.24. The first-order valence-electron chi connectivity index (χ1n) is 10.1. The van der Waals surface area contributed by atoms with Crippen LogP contribution < -0.4 is 9.80 Å². The molecule has 2 aromatic heterocycles. The lowest BCUT2D eigenvalue weighted by Crippen LogP contribution is -2.40. The van der Waals surface area contributed by atoms with Gasteiger partial charge in [-0.2, -0.15) is 0 Å². The van der Waals surface area contributed by atoms with Crippen LogP contribution in [0.1, 0.15) is 24.8 Å². The Morgan fingerprint density at radius 1 is 1.23 bits per heavy atom. The number of hydrogen-bond acceptors (Lipinski definition) is 9. The predicted octanol–water partition coefficient (Wildman–Crippen LogP) is 0.683. The molecule has 0 radical (unpaired) electrons. The molecule has 1 atom stereocenters. The molecular formula is C19H25N7O4S. The number of aryl methyl sites for hydroxylation is 1. The van der Waals surface area contributed by atoms with E-state index in [1.807, 2.05) is 11.8 Å². The van der Waals surface area contributed by atoms with E-state index in [1.54, 1.807) is 23.4 Å². The molecule has 2 aliphatic rings. The molecular weight excluding hydrogens is 422 g/mol. The van der Waals surface area contributed by atoms with Crippen molar-refractivity contribution in [1.82, 2.24) is 25.1 Å². The van der Waals surface area contributed by atoms with Gasteiger partial charge in [-0.3, -0.25) is 19.3 Å². The van der Waals surface area contributed by atoms with Crippen molar-refractivity contribution in [3.8, 4) is 0 Å². The zero-order chi connectivity index (χ0) is 22.2. The summed E-state index contributed by atoms with van der Waals surface area (Å²) in [6.45, 7) is 4.94. The Morgan fingerprint density at radius 3 is 2.65 bits per heavy atom. The smallest absolute Gasteiger partial charge is 0.290 e. The Morgan fingerprint density at radius 2 is 1.97 bits per heavy atom. The third-order valence-corrected chi connectivity index (χ3v) is 6.20. The largest absolute Gasteiger partial charge is 0.483 e. The minimum atomic E-state index is -0.319. The maximum absolute atomic E-state index is 13.0. The Hall–Kier alpha value is -3.15. The summed E-state index contributed by atoms with van der Waals surface area (Å²) in [5, 5.41) is 16.6. The molecule has 2 aromatic rings. The number of carboxylic acid groups (broad SMARTS) is 1. The molecule has 166 valence electrons. The summed E-state index contributed by atoms with van der Waals surface area (Å²) in [6.07, 6.45) is 5.34. The minimum Gasteiger partial charge on any atom is -0.483 e. The summed E-state index contributed by atoms with van der Waals surface area (Å²) in [6, 6.07) is 1.79. The first-order valence-corrected chi connectivity index (χ1v) is 10.9. The molecule has 2 fully saturated rings. The summed E-state index contributed by atoms with van der Waals surface area (Å²) >= 11 is 1.42. The van der Waals surface area contributed by atoms with E-state index in [-0.39, 0.29) is 30.6 Å². The molecule has 31 heavy (non-hydrogen) atoms. The zero-order valence-corrected chi connectivity index (χ0v) is 18.1. The van der Waals surface area contributed by atoms with Gasteiger partial charge in [0.2, 0.25) is 22.9 Å². The van der Waals surface area contributed by atoms with Gasteiger partial charge in [-0.25, -0.2) is 9.97 Å². The van der Waals surface area contributed by atoms with Crippen molar-refractivity contribution < 1.29 is 19.5 Å². The number of aromatic nitrogens is 4. The van der Waals surface area contributed by atoms with Gasteiger partial charge in [0.25, 0.3) is 6.47 Å². The van der Waals surface area contributed by atoms with E-state index in [4.69, 9.17) is 9.90 Å². The predicted molar refractivity (Wildman–Crippen MR) is 114 cm³/mol.